The molecular formula is C16H25IN2OS. The fourth-order valence-corrected chi connectivity index (χ4v) is 4.20. The lowest BCUT2D eigenvalue weighted by atomic mass is 9.96. The summed E-state index contributed by atoms with van der Waals surface area (Å²) in [5, 5.41) is 1.98. The number of rotatable bonds is 6. The van der Waals surface area contributed by atoms with Crippen molar-refractivity contribution in [3.05, 3.63) is 19.9 Å². The highest BCUT2D eigenvalue weighted by atomic mass is 127. The molecule has 0 atom stereocenters. The average molecular weight is 420 g/mol. The monoisotopic (exact) mass is 420 g/mol. The number of hydrogen-bond acceptors (Lipinski definition) is 3. The summed E-state index contributed by atoms with van der Waals surface area (Å²) < 4.78 is 1.18. The summed E-state index contributed by atoms with van der Waals surface area (Å²) in [4.78, 5) is 16.9. The summed E-state index contributed by atoms with van der Waals surface area (Å²) in [5.74, 6) is 0.963. The zero-order valence-electron chi connectivity index (χ0n) is 13.0. The fraction of sp³-hybridized carbons (Fsp3) is 0.688. The molecule has 118 valence electrons. The Kier molecular flexibility index (Phi) is 6.95. The Morgan fingerprint density at radius 2 is 2.19 bits per heavy atom. The van der Waals surface area contributed by atoms with Crippen LogP contribution in [-0.2, 0) is 0 Å². The minimum atomic E-state index is 0.215. The number of amides is 1. The van der Waals surface area contributed by atoms with Crippen molar-refractivity contribution < 1.29 is 4.79 Å². The van der Waals surface area contributed by atoms with Gasteiger partial charge in [-0.05, 0) is 67.4 Å². The van der Waals surface area contributed by atoms with Crippen molar-refractivity contribution in [2.45, 2.75) is 32.6 Å². The van der Waals surface area contributed by atoms with E-state index in [0.29, 0.717) is 0 Å². The van der Waals surface area contributed by atoms with Gasteiger partial charge in [-0.3, -0.25) is 4.79 Å². The second-order valence-corrected chi connectivity index (χ2v) is 8.80. The van der Waals surface area contributed by atoms with E-state index >= 15 is 0 Å². The molecule has 0 spiro atoms. The van der Waals surface area contributed by atoms with E-state index in [1.807, 2.05) is 16.3 Å². The summed E-state index contributed by atoms with van der Waals surface area (Å²) in [5.41, 5.74) is 0.864. The molecule has 0 aliphatic carbocycles. The molecule has 5 heteroatoms. The Morgan fingerprint density at radius 1 is 1.48 bits per heavy atom. The van der Waals surface area contributed by atoms with E-state index in [4.69, 9.17) is 0 Å². The number of unbranched alkanes of at least 4 members (excludes halogenated alkanes) is 1. The zero-order chi connectivity index (χ0) is 15.2. The molecule has 2 heterocycles. The maximum Gasteiger partial charge on any atom is 0.254 e. The van der Waals surface area contributed by atoms with Crippen molar-refractivity contribution in [2.75, 3.05) is 33.2 Å². The first kappa shape index (κ1) is 17.2. The molecule has 2 rings (SSSR count). The van der Waals surface area contributed by atoms with E-state index < -0.39 is 0 Å². The molecule has 1 aliphatic rings. The molecule has 0 radical (unpaired) electrons. The molecule has 0 N–H and O–H groups in total. The number of halogens is 1. The van der Waals surface area contributed by atoms with Gasteiger partial charge in [-0.15, -0.1) is 11.3 Å². The Hall–Kier alpha value is -0.140. The summed E-state index contributed by atoms with van der Waals surface area (Å²) >= 11 is 3.92. The third-order valence-electron chi connectivity index (χ3n) is 4.18. The Morgan fingerprint density at radius 3 is 2.76 bits per heavy atom. The molecule has 21 heavy (non-hydrogen) atoms. The second kappa shape index (κ2) is 8.48. The maximum absolute atomic E-state index is 12.4. The number of likely N-dealkylation sites (tertiary alicyclic amines) is 1. The molecule has 1 fully saturated rings. The van der Waals surface area contributed by atoms with Gasteiger partial charge in [-0.2, -0.15) is 0 Å². The molecule has 0 bridgehead atoms. The van der Waals surface area contributed by atoms with E-state index in [1.165, 1.54) is 28.8 Å². The topological polar surface area (TPSA) is 23.6 Å². The number of carbonyl (C=O) groups is 1. The number of nitrogens with zero attached hydrogens (tertiary/aromatic N) is 2. The number of piperidine rings is 1. The molecule has 1 aliphatic heterocycles. The molecule has 0 unspecified atom stereocenters. The van der Waals surface area contributed by atoms with Crippen LogP contribution in [0, 0.1) is 8.80 Å². The van der Waals surface area contributed by atoms with Gasteiger partial charge in [0.2, 0.25) is 0 Å². The zero-order valence-corrected chi connectivity index (χ0v) is 16.0. The van der Waals surface area contributed by atoms with Crippen LogP contribution >= 0.6 is 33.9 Å². The van der Waals surface area contributed by atoms with E-state index in [1.54, 1.807) is 11.3 Å². The van der Waals surface area contributed by atoms with E-state index in [-0.39, 0.29) is 5.91 Å². The van der Waals surface area contributed by atoms with Crippen molar-refractivity contribution in [3.8, 4) is 0 Å². The Labute approximate surface area is 145 Å². The van der Waals surface area contributed by atoms with Crippen LogP contribution in [0.4, 0.5) is 0 Å². The predicted molar refractivity (Wildman–Crippen MR) is 98.1 cm³/mol. The molecular weight excluding hydrogens is 395 g/mol. The molecule has 3 nitrogen and oxygen atoms in total. The summed E-state index contributed by atoms with van der Waals surface area (Å²) in [6, 6.07) is 2.00. The quantitative estimate of drug-likeness (QED) is 0.651. The van der Waals surface area contributed by atoms with Gasteiger partial charge in [0.15, 0.2) is 0 Å². The minimum Gasteiger partial charge on any atom is -0.339 e. The van der Waals surface area contributed by atoms with Crippen molar-refractivity contribution in [1.29, 1.82) is 0 Å². The molecule has 1 aromatic heterocycles. The lowest BCUT2D eigenvalue weighted by Gasteiger charge is -2.33. The lowest BCUT2D eigenvalue weighted by molar-refractivity contribution is 0.0673. The van der Waals surface area contributed by atoms with Gasteiger partial charge in [0.1, 0.15) is 0 Å². The van der Waals surface area contributed by atoms with Crippen molar-refractivity contribution in [3.63, 3.8) is 0 Å². The van der Waals surface area contributed by atoms with Crippen molar-refractivity contribution in [1.82, 2.24) is 9.80 Å². The predicted octanol–water partition coefficient (Wildman–Crippen LogP) is 3.94. The summed E-state index contributed by atoms with van der Waals surface area (Å²) in [6.07, 6.45) is 4.83. The SMILES string of the molecule is CCCCN(C)CC1CCN(C(=O)c2csc(I)c2)CC1. The van der Waals surface area contributed by atoms with Crippen LogP contribution in [0.15, 0.2) is 11.4 Å². The lowest BCUT2D eigenvalue weighted by Crippen LogP contribution is -2.41. The van der Waals surface area contributed by atoms with Crippen LogP contribution in [0.3, 0.4) is 0 Å². The first-order valence-corrected chi connectivity index (χ1v) is 9.77. The number of carbonyl (C=O) groups excluding carboxylic acids is 1. The summed E-state index contributed by atoms with van der Waals surface area (Å²) in [6.45, 7) is 6.44. The van der Waals surface area contributed by atoms with Gasteiger partial charge in [0.05, 0.1) is 8.45 Å². The van der Waals surface area contributed by atoms with Gasteiger partial charge in [0, 0.05) is 25.0 Å². The van der Waals surface area contributed by atoms with E-state index in [2.05, 4.69) is 41.5 Å². The van der Waals surface area contributed by atoms with Crippen LogP contribution in [0.1, 0.15) is 43.0 Å². The molecule has 0 aromatic carbocycles. The Balaban J connectivity index is 1.76. The smallest absolute Gasteiger partial charge is 0.254 e. The Bertz CT molecular complexity index is 455. The molecule has 1 amide bonds. The maximum atomic E-state index is 12.4. The largest absolute Gasteiger partial charge is 0.339 e. The van der Waals surface area contributed by atoms with Crippen molar-refractivity contribution >= 4 is 39.8 Å². The van der Waals surface area contributed by atoms with Crippen LogP contribution in [0.25, 0.3) is 0 Å². The third kappa shape index (κ3) is 5.21. The van der Waals surface area contributed by atoms with E-state index in [9.17, 15) is 4.79 Å². The van der Waals surface area contributed by atoms with Crippen LogP contribution in [0.5, 0.6) is 0 Å². The van der Waals surface area contributed by atoms with Crippen molar-refractivity contribution in [2.24, 2.45) is 5.92 Å². The third-order valence-corrected chi connectivity index (χ3v) is 5.97. The fourth-order valence-electron chi connectivity index (χ4n) is 2.88. The number of hydrogen-bond donors (Lipinski definition) is 0. The van der Waals surface area contributed by atoms with Gasteiger partial charge in [-0.1, -0.05) is 13.3 Å². The first-order chi connectivity index (χ1) is 10.1. The summed E-state index contributed by atoms with van der Waals surface area (Å²) in [7, 11) is 2.22. The normalized spacial score (nSPS) is 16.7. The van der Waals surface area contributed by atoms with Gasteiger partial charge in [-0.25, -0.2) is 0 Å². The van der Waals surface area contributed by atoms with Crippen LogP contribution in [-0.4, -0.2) is 48.9 Å². The molecule has 0 saturated carbocycles. The highest BCUT2D eigenvalue weighted by Gasteiger charge is 2.24. The molecule has 1 saturated heterocycles. The van der Waals surface area contributed by atoms with Gasteiger partial charge in [0.25, 0.3) is 5.91 Å². The molecule has 1 aromatic rings. The minimum absolute atomic E-state index is 0.215. The second-order valence-electron chi connectivity index (χ2n) is 5.99. The van der Waals surface area contributed by atoms with E-state index in [0.717, 1.165) is 37.4 Å². The van der Waals surface area contributed by atoms with Gasteiger partial charge < -0.3 is 9.80 Å². The van der Waals surface area contributed by atoms with Gasteiger partial charge >= 0.3 is 0 Å². The number of thiophene rings is 1. The highest BCUT2D eigenvalue weighted by Crippen LogP contribution is 2.22. The standard InChI is InChI=1S/C16H25IN2OS/c1-3-4-7-18(2)11-13-5-8-19(9-6-13)16(20)14-10-15(17)21-12-14/h10,12-13H,3-9,11H2,1-2H3. The highest BCUT2D eigenvalue weighted by molar-refractivity contribution is 14.1. The average Bonchev–Trinajstić information content (AvgIpc) is 2.92. The van der Waals surface area contributed by atoms with Crippen LogP contribution < -0.4 is 0 Å². The van der Waals surface area contributed by atoms with Crippen LogP contribution in [0.2, 0.25) is 0 Å². The first-order valence-electron chi connectivity index (χ1n) is 7.82.